The molecular formula is C12H14OS2. The van der Waals surface area contributed by atoms with Gasteiger partial charge in [0.1, 0.15) is 0 Å². The second-order valence-electron chi connectivity index (χ2n) is 3.55. The molecule has 0 saturated carbocycles. The summed E-state index contributed by atoms with van der Waals surface area (Å²) >= 11 is 3.70. The second kappa shape index (κ2) is 4.47. The van der Waals surface area contributed by atoms with Crippen LogP contribution in [0.25, 0.3) is 9.75 Å². The van der Waals surface area contributed by atoms with Crippen molar-refractivity contribution in [3.8, 4) is 9.75 Å². The van der Waals surface area contributed by atoms with Crippen LogP contribution in [0, 0.1) is 13.8 Å². The normalized spacial score (nSPS) is 10.9. The van der Waals surface area contributed by atoms with Crippen LogP contribution >= 0.6 is 22.7 Å². The average Bonchev–Trinajstić information content (AvgIpc) is 2.73. The molecule has 0 radical (unpaired) electrons. The highest BCUT2D eigenvalue weighted by Gasteiger charge is 2.10. The first-order valence-corrected chi connectivity index (χ1v) is 6.49. The number of hydrogen-bond donors (Lipinski definition) is 0. The minimum atomic E-state index is 0.705. The van der Waals surface area contributed by atoms with Gasteiger partial charge in [-0.05, 0) is 37.6 Å². The lowest BCUT2D eigenvalue weighted by Crippen LogP contribution is -1.85. The molecule has 0 aliphatic heterocycles. The Balaban J connectivity index is 2.42. The molecule has 2 aromatic heterocycles. The van der Waals surface area contributed by atoms with Gasteiger partial charge in [-0.15, -0.1) is 22.7 Å². The van der Waals surface area contributed by atoms with E-state index >= 15 is 0 Å². The van der Waals surface area contributed by atoms with E-state index in [1.165, 1.54) is 25.1 Å². The van der Waals surface area contributed by atoms with Crippen molar-refractivity contribution in [2.24, 2.45) is 0 Å². The van der Waals surface area contributed by atoms with Gasteiger partial charge in [0.15, 0.2) is 0 Å². The molecule has 1 nitrogen and oxygen atoms in total. The smallest absolute Gasteiger partial charge is 0.0727 e. The topological polar surface area (TPSA) is 9.23 Å². The van der Waals surface area contributed by atoms with Gasteiger partial charge in [-0.2, -0.15) is 0 Å². The molecule has 80 valence electrons. The fraction of sp³-hybridized carbons (Fsp3) is 0.333. The zero-order valence-electron chi connectivity index (χ0n) is 9.16. The molecule has 0 bridgehead atoms. The molecule has 0 aliphatic carbocycles. The first kappa shape index (κ1) is 10.9. The number of ether oxygens (including phenoxy) is 1. The second-order valence-corrected chi connectivity index (χ2v) is 6.10. The van der Waals surface area contributed by atoms with E-state index in [-0.39, 0.29) is 0 Å². The summed E-state index contributed by atoms with van der Waals surface area (Å²) in [6, 6.07) is 6.59. The van der Waals surface area contributed by atoms with E-state index in [1.54, 1.807) is 7.11 Å². The van der Waals surface area contributed by atoms with Crippen molar-refractivity contribution in [3.63, 3.8) is 0 Å². The summed E-state index contributed by atoms with van der Waals surface area (Å²) in [5.74, 6) is 0. The van der Waals surface area contributed by atoms with E-state index in [1.807, 2.05) is 22.7 Å². The number of methoxy groups -OCH3 is 1. The summed E-state index contributed by atoms with van der Waals surface area (Å²) < 4.78 is 5.22. The number of thiophene rings is 2. The first-order valence-electron chi connectivity index (χ1n) is 4.86. The maximum Gasteiger partial charge on any atom is 0.0727 e. The summed E-state index contributed by atoms with van der Waals surface area (Å²) in [6.07, 6.45) is 0. The predicted octanol–water partition coefficient (Wildman–Crippen LogP) is 4.24. The molecule has 3 heteroatoms. The Kier molecular flexibility index (Phi) is 3.24. The molecule has 2 rings (SSSR count). The third-order valence-corrected chi connectivity index (χ3v) is 4.47. The molecule has 15 heavy (non-hydrogen) atoms. The van der Waals surface area contributed by atoms with Crippen molar-refractivity contribution in [2.45, 2.75) is 20.5 Å². The summed E-state index contributed by atoms with van der Waals surface area (Å²) in [7, 11) is 1.75. The highest BCUT2D eigenvalue weighted by atomic mass is 32.1. The van der Waals surface area contributed by atoms with Crippen LogP contribution in [0.5, 0.6) is 0 Å². The fourth-order valence-electron chi connectivity index (χ4n) is 1.59. The largest absolute Gasteiger partial charge is 0.380 e. The summed E-state index contributed by atoms with van der Waals surface area (Å²) in [5, 5.41) is 0. The van der Waals surface area contributed by atoms with Gasteiger partial charge in [-0.3, -0.25) is 0 Å². The molecule has 0 N–H and O–H groups in total. The predicted molar refractivity (Wildman–Crippen MR) is 67.8 cm³/mol. The lowest BCUT2D eigenvalue weighted by atomic mass is 10.2. The molecule has 2 heterocycles. The Hall–Kier alpha value is -0.640. The zero-order valence-corrected chi connectivity index (χ0v) is 10.8. The van der Waals surface area contributed by atoms with Crippen LogP contribution in [0.15, 0.2) is 18.2 Å². The number of rotatable bonds is 3. The molecule has 2 aromatic rings. The first-order chi connectivity index (χ1) is 7.20. The van der Waals surface area contributed by atoms with Crippen molar-refractivity contribution < 1.29 is 4.74 Å². The third-order valence-electron chi connectivity index (χ3n) is 2.20. The van der Waals surface area contributed by atoms with E-state index in [2.05, 4.69) is 32.0 Å². The molecular weight excluding hydrogens is 224 g/mol. The van der Waals surface area contributed by atoms with E-state index in [0.717, 1.165) is 0 Å². The minimum Gasteiger partial charge on any atom is -0.380 e. The van der Waals surface area contributed by atoms with Gasteiger partial charge in [0, 0.05) is 21.7 Å². The van der Waals surface area contributed by atoms with Crippen molar-refractivity contribution >= 4 is 22.7 Å². The van der Waals surface area contributed by atoms with Crippen LogP contribution in [-0.4, -0.2) is 7.11 Å². The molecule has 0 spiro atoms. The quantitative estimate of drug-likeness (QED) is 0.777. The Morgan fingerprint density at radius 2 is 1.93 bits per heavy atom. The van der Waals surface area contributed by atoms with Crippen molar-refractivity contribution in [1.82, 2.24) is 0 Å². The Labute approximate surface area is 98.3 Å². The Morgan fingerprint density at radius 3 is 2.53 bits per heavy atom. The van der Waals surface area contributed by atoms with Gasteiger partial charge in [-0.25, -0.2) is 0 Å². The van der Waals surface area contributed by atoms with Crippen LogP contribution in [-0.2, 0) is 11.3 Å². The van der Waals surface area contributed by atoms with Crippen LogP contribution in [0.4, 0.5) is 0 Å². The summed E-state index contributed by atoms with van der Waals surface area (Å²) in [4.78, 5) is 5.44. The number of hydrogen-bond acceptors (Lipinski definition) is 3. The van der Waals surface area contributed by atoms with Crippen molar-refractivity contribution in [1.29, 1.82) is 0 Å². The lowest BCUT2D eigenvalue weighted by Gasteiger charge is -1.99. The SMILES string of the molecule is COCc1cc(C)sc1-c1ccc(C)s1. The monoisotopic (exact) mass is 238 g/mol. The third kappa shape index (κ3) is 2.30. The highest BCUT2D eigenvalue weighted by molar-refractivity contribution is 7.22. The molecule has 0 saturated heterocycles. The van der Waals surface area contributed by atoms with Crippen LogP contribution in [0.2, 0.25) is 0 Å². The molecule has 0 aromatic carbocycles. The van der Waals surface area contributed by atoms with Gasteiger partial charge in [-0.1, -0.05) is 0 Å². The molecule has 0 atom stereocenters. The lowest BCUT2D eigenvalue weighted by molar-refractivity contribution is 0.185. The number of aryl methyl sites for hydroxylation is 2. The van der Waals surface area contributed by atoms with Gasteiger partial charge >= 0.3 is 0 Å². The highest BCUT2D eigenvalue weighted by Crippen LogP contribution is 2.36. The van der Waals surface area contributed by atoms with Crippen molar-refractivity contribution in [3.05, 3.63) is 33.5 Å². The Bertz CT molecular complexity index is 454. The van der Waals surface area contributed by atoms with Crippen LogP contribution in [0.1, 0.15) is 15.3 Å². The zero-order chi connectivity index (χ0) is 10.8. The van der Waals surface area contributed by atoms with E-state index in [9.17, 15) is 0 Å². The summed E-state index contributed by atoms with van der Waals surface area (Å²) in [6.45, 7) is 5.00. The van der Waals surface area contributed by atoms with E-state index in [4.69, 9.17) is 4.74 Å². The van der Waals surface area contributed by atoms with Crippen LogP contribution < -0.4 is 0 Å². The molecule has 0 aliphatic rings. The fourth-order valence-corrected chi connectivity index (χ4v) is 3.63. The standard InChI is InChI=1S/C12H14OS2/c1-8-4-5-11(14-8)12-10(7-13-3)6-9(2)15-12/h4-6H,7H2,1-3H3. The maximum atomic E-state index is 5.22. The van der Waals surface area contributed by atoms with Gasteiger partial charge < -0.3 is 4.74 Å². The van der Waals surface area contributed by atoms with E-state index < -0.39 is 0 Å². The Morgan fingerprint density at radius 1 is 1.13 bits per heavy atom. The van der Waals surface area contributed by atoms with Gasteiger partial charge in [0.25, 0.3) is 0 Å². The van der Waals surface area contributed by atoms with E-state index in [0.29, 0.717) is 6.61 Å². The maximum absolute atomic E-state index is 5.22. The van der Waals surface area contributed by atoms with Gasteiger partial charge in [0.2, 0.25) is 0 Å². The molecule has 0 unspecified atom stereocenters. The molecule has 0 amide bonds. The van der Waals surface area contributed by atoms with Crippen molar-refractivity contribution in [2.75, 3.05) is 7.11 Å². The average molecular weight is 238 g/mol. The van der Waals surface area contributed by atoms with Gasteiger partial charge in [0.05, 0.1) is 11.5 Å². The summed E-state index contributed by atoms with van der Waals surface area (Å²) in [5.41, 5.74) is 1.31. The van der Waals surface area contributed by atoms with Crippen LogP contribution in [0.3, 0.4) is 0 Å². The minimum absolute atomic E-state index is 0.705. The molecule has 0 fully saturated rings.